The first-order chi connectivity index (χ1) is 9.29. The van der Waals surface area contributed by atoms with E-state index < -0.39 is 16.0 Å². The summed E-state index contributed by atoms with van der Waals surface area (Å²) in [4.78, 5) is 13.0. The highest BCUT2D eigenvalue weighted by atomic mass is 127. The van der Waals surface area contributed by atoms with E-state index in [1.54, 1.807) is 18.2 Å². The molecule has 106 valence electrons. The Bertz CT molecular complexity index is 768. The molecule has 2 rings (SSSR count). The van der Waals surface area contributed by atoms with Crippen molar-refractivity contribution in [2.45, 2.75) is 11.8 Å². The number of hydrogen-bond acceptors (Lipinski definition) is 3. The van der Waals surface area contributed by atoms with Gasteiger partial charge in [0.25, 0.3) is 10.0 Å². The van der Waals surface area contributed by atoms with Crippen LogP contribution in [0.1, 0.15) is 16.1 Å². The number of aromatic carboxylic acids is 1. The van der Waals surface area contributed by atoms with E-state index in [1.807, 2.05) is 6.92 Å². The van der Waals surface area contributed by atoms with Crippen LogP contribution in [-0.4, -0.2) is 24.5 Å². The molecule has 1 heterocycles. The van der Waals surface area contributed by atoms with Crippen LogP contribution in [0.5, 0.6) is 0 Å². The Balaban J connectivity index is 2.30. The molecule has 0 atom stereocenters. The summed E-state index contributed by atoms with van der Waals surface area (Å²) in [6.45, 7) is 1.92. The van der Waals surface area contributed by atoms with E-state index in [2.05, 4.69) is 32.3 Å². The number of carboxylic acids is 1. The number of aromatic amines is 1. The Labute approximate surface area is 129 Å². The molecule has 8 heteroatoms. The molecular formula is C12H11IN2O4S. The third-order valence-electron chi connectivity index (χ3n) is 2.62. The molecule has 0 radical (unpaired) electrons. The lowest BCUT2D eigenvalue weighted by molar-refractivity contribution is 0.0691. The van der Waals surface area contributed by atoms with Crippen molar-refractivity contribution in [1.29, 1.82) is 0 Å². The summed E-state index contributed by atoms with van der Waals surface area (Å²) >= 11 is 2.11. The number of H-pyrrole nitrogens is 1. The first-order valence-corrected chi connectivity index (χ1v) is 8.06. The Morgan fingerprint density at radius 3 is 2.60 bits per heavy atom. The van der Waals surface area contributed by atoms with Crippen molar-refractivity contribution in [2.24, 2.45) is 0 Å². The fraction of sp³-hybridized carbons (Fsp3) is 0.0833. The summed E-state index contributed by atoms with van der Waals surface area (Å²) in [5, 5.41) is 8.77. The number of sulfonamides is 1. The number of hydrogen-bond donors (Lipinski definition) is 3. The number of anilines is 1. The lowest BCUT2D eigenvalue weighted by atomic mass is 10.2. The predicted molar refractivity (Wildman–Crippen MR) is 82.5 cm³/mol. The van der Waals surface area contributed by atoms with Gasteiger partial charge >= 0.3 is 5.97 Å². The van der Waals surface area contributed by atoms with Crippen LogP contribution >= 0.6 is 22.6 Å². The van der Waals surface area contributed by atoms with E-state index >= 15 is 0 Å². The molecule has 3 N–H and O–H groups in total. The minimum atomic E-state index is -3.80. The van der Waals surface area contributed by atoms with Gasteiger partial charge in [-0.1, -0.05) is 6.07 Å². The summed E-state index contributed by atoms with van der Waals surface area (Å²) < 4.78 is 27.6. The summed E-state index contributed by atoms with van der Waals surface area (Å²) in [6, 6.07) is 6.24. The third-order valence-corrected chi connectivity index (χ3v) is 5.14. The van der Waals surface area contributed by atoms with Crippen molar-refractivity contribution in [3.05, 3.63) is 45.3 Å². The van der Waals surface area contributed by atoms with E-state index in [9.17, 15) is 13.2 Å². The van der Waals surface area contributed by atoms with Crippen LogP contribution in [0.15, 0.2) is 35.4 Å². The fourth-order valence-electron chi connectivity index (χ4n) is 1.52. The molecular weight excluding hydrogens is 395 g/mol. The monoisotopic (exact) mass is 406 g/mol. The average Bonchev–Trinajstić information content (AvgIpc) is 2.84. The number of carboxylic acid groups (broad SMARTS) is 1. The minimum Gasteiger partial charge on any atom is -0.477 e. The van der Waals surface area contributed by atoms with Crippen molar-refractivity contribution in [2.75, 3.05) is 4.72 Å². The van der Waals surface area contributed by atoms with E-state index in [-0.39, 0.29) is 10.6 Å². The molecule has 2 aromatic rings. The topological polar surface area (TPSA) is 99.3 Å². The van der Waals surface area contributed by atoms with Crippen LogP contribution in [0.2, 0.25) is 0 Å². The number of aryl methyl sites for hydroxylation is 1. The maximum atomic E-state index is 12.1. The van der Waals surface area contributed by atoms with Gasteiger partial charge in [-0.3, -0.25) is 4.72 Å². The standard InChI is InChI=1S/C12H11IN2O4S/c1-7-2-3-8(4-10(7)13)15-20(18,19)9-5-11(12(16)17)14-6-9/h2-6,14-15H,1H3,(H,16,17). The van der Waals surface area contributed by atoms with Gasteiger partial charge in [0.15, 0.2) is 0 Å². The highest BCUT2D eigenvalue weighted by molar-refractivity contribution is 14.1. The number of rotatable bonds is 4. The highest BCUT2D eigenvalue weighted by Crippen LogP contribution is 2.21. The molecule has 0 unspecified atom stereocenters. The molecule has 0 aliphatic heterocycles. The molecule has 0 spiro atoms. The number of nitrogens with one attached hydrogen (secondary N) is 2. The van der Waals surface area contributed by atoms with E-state index in [0.717, 1.165) is 21.4 Å². The number of carbonyl (C=O) groups is 1. The molecule has 6 nitrogen and oxygen atoms in total. The predicted octanol–water partition coefficient (Wildman–Crippen LogP) is 2.43. The molecule has 0 bridgehead atoms. The number of halogens is 1. The average molecular weight is 406 g/mol. The number of benzene rings is 1. The molecule has 0 aliphatic carbocycles. The van der Waals surface area contributed by atoms with Crippen LogP contribution in [-0.2, 0) is 10.0 Å². The summed E-state index contributed by atoms with van der Waals surface area (Å²) in [5.41, 5.74) is 1.30. The Hall–Kier alpha value is -1.55. The second-order valence-corrected chi connectivity index (χ2v) is 6.97. The summed E-state index contributed by atoms with van der Waals surface area (Å²) in [6.07, 6.45) is 1.14. The molecule has 0 fully saturated rings. The van der Waals surface area contributed by atoms with Crippen LogP contribution < -0.4 is 4.72 Å². The van der Waals surface area contributed by atoms with Crippen molar-refractivity contribution in [3.63, 3.8) is 0 Å². The van der Waals surface area contributed by atoms with Gasteiger partial charge in [-0.25, -0.2) is 13.2 Å². The molecule has 0 saturated heterocycles. The van der Waals surface area contributed by atoms with Crippen molar-refractivity contribution in [1.82, 2.24) is 4.98 Å². The van der Waals surface area contributed by atoms with Crippen LogP contribution in [0, 0.1) is 10.5 Å². The second-order valence-electron chi connectivity index (χ2n) is 4.12. The first-order valence-electron chi connectivity index (χ1n) is 5.50. The fourth-order valence-corrected chi connectivity index (χ4v) is 3.08. The minimum absolute atomic E-state index is 0.120. The third kappa shape index (κ3) is 3.12. The molecule has 1 aromatic carbocycles. The molecule has 0 amide bonds. The van der Waals surface area contributed by atoms with Gasteiger partial charge in [0, 0.05) is 15.5 Å². The second kappa shape index (κ2) is 5.44. The van der Waals surface area contributed by atoms with E-state index in [0.29, 0.717) is 5.69 Å². The number of aromatic nitrogens is 1. The van der Waals surface area contributed by atoms with Gasteiger partial charge in [0.2, 0.25) is 0 Å². The molecule has 20 heavy (non-hydrogen) atoms. The maximum absolute atomic E-state index is 12.1. The van der Waals surface area contributed by atoms with E-state index in [4.69, 9.17) is 5.11 Å². The van der Waals surface area contributed by atoms with Gasteiger partial charge in [-0.2, -0.15) is 0 Å². The zero-order valence-corrected chi connectivity index (χ0v) is 13.3. The molecule has 0 saturated carbocycles. The van der Waals surface area contributed by atoms with Crippen molar-refractivity contribution in [3.8, 4) is 0 Å². The molecule has 0 aliphatic rings. The van der Waals surface area contributed by atoms with Gasteiger partial charge in [0.05, 0.1) is 0 Å². The Morgan fingerprint density at radius 2 is 2.05 bits per heavy atom. The normalized spacial score (nSPS) is 11.3. The van der Waals surface area contributed by atoms with Crippen LogP contribution in [0.25, 0.3) is 0 Å². The van der Waals surface area contributed by atoms with Gasteiger partial charge in [0.1, 0.15) is 10.6 Å². The zero-order chi connectivity index (χ0) is 14.9. The lowest BCUT2D eigenvalue weighted by Gasteiger charge is -2.07. The summed E-state index contributed by atoms with van der Waals surface area (Å²) in [7, 11) is -3.80. The maximum Gasteiger partial charge on any atom is 0.352 e. The summed E-state index contributed by atoms with van der Waals surface area (Å²) in [5.74, 6) is -1.21. The highest BCUT2D eigenvalue weighted by Gasteiger charge is 2.18. The van der Waals surface area contributed by atoms with E-state index in [1.165, 1.54) is 0 Å². The smallest absolute Gasteiger partial charge is 0.352 e. The quantitative estimate of drug-likeness (QED) is 0.680. The van der Waals surface area contributed by atoms with Crippen molar-refractivity contribution < 1.29 is 18.3 Å². The Kier molecular flexibility index (Phi) is 4.04. The van der Waals surface area contributed by atoms with Crippen molar-refractivity contribution >= 4 is 44.3 Å². The van der Waals surface area contributed by atoms with Crippen LogP contribution in [0.3, 0.4) is 0 Å². The lowest BCUT2D eigenvalue weighted by Crippen LogP contribution is -2.12. The molecule has 1 aromatic heterocycles. The van der Waals surface area contributed by atoms with Crippen LogP contribution in [0.4, 0.5) is 5.69 Å². The van der Waals surface area contributed by atoms with Gasteiger partial charge < -0.3 is 10.1 Å². The zero-order valence-electron chi connectivity index (χ0n) is 10.3. The Morgan fingerprint density at radius 1 is 1.35 bits per heavy atom. The largest absolute Gasteiger partial charge is 0.477 e. The SMILES string of the molecule is Cc1ccc(NS(=O)(=O)c2c[nH]c(C(=O)O)c2)cc1I. The first kappa shape index (κ1) is 14.9. The van der Waals surface area contributed by atoms with Gasteiger partial charge in [-0.15, -0.1) is 0 Å². The van der Waals surface area contributed by atoms with Gasteiger partial charge in [-0.05, 0) is 53.3 Å².